The molecule has 0 radical (unpaired) electrons. The van der Waals surface area contributed by atoms with Crippen molar-refractivity contribution in [3.63, 3.8) is 0 Å². The van der Waals surface area contributed by atoms with Crippen LogP contribution in [0.25, 0.3) is 0 Å². The zero-order chi connectivity index (χ0) is 22.1. The summed E-state index contributed by atoms with van der Waals surface area (Å²) in [5.74, 6) is -0.199. The normalized spacial score (nSPS) is 22.2. The number of anilines is 1. The lowest BCUT2D eigenvalue weighted by Gasteiger charge is -2.35. The Morgan fingerprint density at radius 2 is 1.78 bits per heavy atom. The number of nitrogens with zero attached hydrogens (tertiary/aromatic N) is 4. The van der Waals surface area contributed by atoms with Gasteiger partial charge in [-0.05, 0) is 18.2 Å². The van der Waals surface area contributed by atoms with Gasteiger partial charge in [-0.3, -0.25) is 4.79 Å². The van der Waals surface area contributed by atoms with E-state index < -0.39 is 11.4 Å². The molecule has 0 bridgehead atoms. The molecule has 3 aromatic rings. The van der Waals surface area contributed by atoms with Gasteiger partial charge in [-0.15, -0.1) is 0 Å². The Bertz CT molecular complexity index is 1170. The number of carbonyl (C=O) groups excluding carboxylic acids is 1. The lowest BCUT2D eigenvalue weighted by Crippen LogP contribution is -2.43. The van der Waals surface area contributed by atoms with Crippen molar-refractivity contribution in [2.75, 3.05) is 23.7 Å². The molecule has 9 heteroatoms. The van der Waals surface area contributed by atoms with Gasteiger partial charge < -0.3 is 10.2 Å². The molecule has 1 unspecified atom stereocenters. The van der Waals surface area contributed by atoms with Crippen LogP contribution in [0, 0.1) is 17.6 Å². The molecular weight excluding hydrogens is 432 g/mol. The molecule has 1 aromatic heterocycles. The maximum Gasteiger partial charge on any atom is 0.257 e. The van der Waals surface area contributed by atoms with Gasteiger partial charge >= 0.3 is 0 Å². The van der Waals surface area contributed by atoms with Gasteiger partial charge in [0, 0.05) is 29.3 Å². The molecule has 2 aromatic carbocycles. The number of thioether (sulfide) groups is 1. The van der Waals surface area contributed by atoms with Crippen molar-refractivity contribution >= 4 is 28.8 Å². The lowest BCUT2D eigenvalue weighted by atomic mass is 9.81. The summed E-state index contributed by atoms with van der Waals surface area (Å²) in [6, 6.07) is 15.4. The largest absolute Gasteiger partial charge is 0.338 e. The Morgan fingerprint density at radius 1 is 1.06 bits per heavy atom. The standard InChI is InChI=1S/C23H19F2N5OS/c24-17-10-26-21(27-11-17)30-12-16-13-32-22(28-20(31)15-6-2-1-3-7-15)29-23(16,14-30)18-8-4-5-9-19(18)25/h1-11,16H,12-14H2,(H,28,29,31)/t16-,23?/m0/s1. The van der Waals surface area contributed by atoms with Gasteiger partial charge in [0.15, 0.2) is 11.0 Å². The van der Waals surface area contributed by atoms with Crippen LogP contribution in [-0.2, 0) is 5.54 Å². The number of fused-ring (bicyclic) bond motifs is 1. The molecule has 162 valence electrons. The van der Waals surface area contributed by atoms with Crippen molar-refractivity contribution in [2.45, 2.75) is 5.54 Å². The van der Waals surface area contributed by atoms with Crippen LogP contribution in [-0.4, -0.2) is 39.9 Å². The second-order valence-electron chi connectivity index (χ2n) is 7.73. The van der Waals surface area contributed by atoms with Gasteiger partial charge in [-0.25, -0.2) is 23.7 Å². The predicted octanol–water partition coefficient (Wildman–Crippen LogP) is 3.62. The first-order valence-corrected chi connectivity index (χ1v) is 11.1. The number of benzene rings is 2. The Morgan fingerprint density at radius 3 is 2.53 bits per heavy atom. The second kappa shape index (κ2) is 8.31. The van der Waals surface area contributed by atoms with E-state index in [0.717, 1.165) is 12.4 Å². The molecule has 0 saturated carbocycles. The van der Waals surface area contributed by atoms with E-state index in [1.54, 1.807) is 42.5 Å². The van der Waals surface area contributed by atoms with Crippen LogP contribution >= 0.6 is 11.8 Å². The van der Waals surface area contributed by atoms with E-state index >= 15 is 0 Å². The second-order valence-corrected chi connectivity index (χ2v) is 8.74. The number of amides is 1. The number of halogens is 2. The molecule has 0 aliphatic carbocycles. The van der Waals surface area contributed by atoms with E-state index in [4.69, 9.17) is 4.99 Å². The number of aliphatic imine (C=N–C) groups is 1. The van der Waals surface area contributed by atoms with E-state index in [9.17, 15) is 13.6 Å². The van der Waals surface area contributed by atoms with Gasteiger partial charge in [0.25, 0.3) is 5.91 Å². The molecule has 1 saturated heterocycles. The summed E-state index contributed by atoms with van der Waals surface area (Å²) in [4.78, 5) is 27.7. The summed E-state index contributed by atoms with van der Waals surface area (Å²) >= 11 is 1.43. The van der Waals surface area contributed by atoms with Crippen molar-refractivity contribution in [3.8, 4) is 0 Å². The van der Waals surface area contributed by atoms with Crippen LogP contribution in [0.1, 0.15) is 15.9 Å². The summed E-state index contributed by atoms with van der Waals surface area (Å²) in [6.07, 6.45) is 2.23. The van der Waals surface area contributed by atoms with Crippen molar-refractivity contribution in [1.29, 1.82) is 0 Å². The van der Waals surface area contributed by atoms with Crippen LogP contribution in [0.3, 0.4) is 0 Å². The Labute approximate surface area is 187 Å². The molecule has 1 amide bonds. The van der Waals surface area contributed by atoms with Gasteiger partial charge in [-0.2, -0.15) is 0 Å². The Balaban J connectivity index is 1.52. The van der Waals surface area contributed by atoms with E-state index in [1.165, 1.54) is 17.8 Å². The zero-order valence-electron chi connectivity index (χ0n) is 16.9. The molecular formula is C23H19F2N5OS. The molecule has 6 nitrogen and oxygen atoms in total. The summed E-state index contributed by atoms with van der Waals surface area (Å²) in [6.45, 7) is 0.853. The molecule has 3 heterocycles. The fourth-order valence-corrected chi connectivity index (χ4v) is 5.37. The van der Waals surface area contributed by atoms with Crippen LogP contribution in [0.4, 0.5) is 14.7 Å². The first-order valence-electron chi connectivity index (χ1n) is 10.1. The third-order valence-electron chi connectivity index (χ3n) is 5.76. The fourth-order valence-electron chi connectivity index (χ4n) is 4.23. The van der Waals surface area contributed by atoms with Crippen LogP contribution in [0.2, 0.25) is 0 Å². The maximum absolute atomic E-state index is 15.0. The molecule has 2 aliphatic heterocycles. The molecule has 1 fully saturated rings. The molecule has 1 N–H and O–H groups in total. The van der Waals surface area contributed by atoms with Crippen molar-refractivity contribution in [3.05, 3.63) is 89.8 Å². The summed E-state index contributed by atoms with van der Waals surface area (Å²) in [5.41, 5.74) is 0.0557. The Hall–Kier alpha value is -3.33. The van der Waals surface area contributed by atoms with Gasteiger partial charge in [0.05, 0.1) is 18.9 Å². The zero-order valence-corrected chi connectivity index (χ0v) is 17.7. The average molecular weight is 452 g/mol. The number of amidine groups is 1. The summed E-state index contributed by atoms with van der Waals surface area (Å²) in [7, 11) is 0. The molecule has 5 rings (SSSR count). The predicted molar refractivity (Wildman–Crippen MR) is 120 cm³/mol. The van der Waals surface area contributed by atoms with E-state index in [-0.39, 0.29) is 17.6 Å². The smallest absolute Gasteiger partial charge is 0.257 e. The minimum atomic E-state index is -0.923. The van der Waals surface area contributed by atoms with Gasteiger partial charge in [-0.1, -0.05) is 48.2 Å². The van der Waals surface area contributed by atoms with Crippen molar-refractivity contribution in [2.24, 2.45) is 10.9 Å². The van der Waals surface area contributed by atoms with Crippen LogP contribution < -0.4 is 10.2 Å². The monoisotopic (exact) mass is 451 g/mol. The number of hydrogen-bond acceptors (Lipinski definition) is 6. The number of carbonyl (C=O) groups is 1. The minimum absolute atomic E-state index is 0.0459. The molecule has 0 spiro atoms. The van der Waals surface area contributed by atoms with Crippen molar-refractivity contribution < 1.29 is 13.6 Å². The molecule has 2 atom stereocenters. The average Bonchev–Trinajstić information content (AvgIpc) is 3.20. The van der Waals surface area contributed by atoms with Gasteiger partial charge in [0.2, 0.25) is 5.95 Å². The van der Waals surface area contributed by atoms with Crippen LogP contribution in [0.15, 0.2) is 72.0 Å². The van der Waals surface area contributed by atoms with E-state index in [0.29, 0.717) is 41.1 Å². The number of hydrogen-bond donors (Lipinski definition) is 1. The molecule has 32 heavy (non-hydrogen) atoms. The third-order valence-corrected chi connectivity index (χ3v) is 6.79. The highest BCUT2D eigenvalue weighted by molar-refractivity contribution is 8.13. The van der Waals surface area contributed by atoms with Crippen LogP contribution in [0.5, 0.6) is 0 Å². The van der Waals surface area contributed by atoms with E-state index in [1.807, 2.05) is 11.0 Å². The van der Waals surface area contributed by atoms with E-state index in [2.05, 4.69) is 15.3 Å². The van der Waals surface area contributed by atoms with Gasteiger partial charge in [0.1, 0.15) is 11.4 Å². The first kappa shape index (κ1) is 20.6. The quantitative estimate of drug-likeness (QED) is 0.659. The number of rotatable bonds is 3. The first-order chi connectivity index (χ1) is 15.5. The molecule has 2 aliphatic rings. The highest BCUT2D eigenvalue weighted by Gasteiger charge is 2.52. The maximum atomic E-state index is 15.0. The highest BCUT2D eigenvalue weighted by Crippen LogP contribution is 2.47. The minimum Gasteiger partial charge on any atom is -0.338 e. The summed E-state index contributed by atoms with van der Waals surface area (Å²) < 4.78 is 28.3. The van der Waals surface area contributed by atoms with Crippen molar-refractivity contribution in [1.82, 2.24) is 15.3 Å². The SMILES string of the molecule is O=C(NC1=NC2(c3ccccc3F)CN(c3ncc(F)cn3)C[C@H]2CS1)c1ccccc1. The summed E-state index contributed by atoms with van der Waals surface area (Å²) in [5, 5.41) is 3.32. The number of nitrogens with one attached hydrogen (secondary N) is 1. The topological polar surface area (TPSA) is 70.5 Å². The lowest BCUT2D eigenvalue weighted by molar-refractivity contribution is 0.0977. The fraction of sp³-hybridized carbons (Fsp3) is 0.217. The highest BCUT2D eigenvalue weighted by atomic mass is 32.2. The Kier molecular flexibility index (Phi) is 5.34. The third kappa shape index (κ3) is 3.73. The number of aromatic nitrogens is 2.